The first-order valence-corrected chi connectivity index (χ1v) is 4.79. The molecule has 1 aromatic carbocycles. The van der Waals surface area contributed by atoms with Crippen molar-refractivity contribution in [2.75, 3.05) is 0 Å². The van der Waals surface area contributed by atoms with Gasteiger partial charge in [0.15, 0.2) is 0 Å². The number of fused-ring (bicyclic) bond motifs is 1. The van der Waals surface area contributed by atoms with E-state index < -0.39 is 5.97 Å². The van der Waals surface area contributed by atoms with Crippen LogP contribution in [0.4, 0.5) is 0 Å². The summed E-state index contributed by atoms with van der Waals surface area (Å²) in [7, 11) is 0. The van der Waals surface area contributed by atoms with Crippen LogP contribution in [0.5, 0.6) is 0 Å². The van der Waals surface area contributed by atoms with Gasteiger partial charge in [-0.3, -0.25) is 4.79 Å². The summed E-state index contributed by atoms with van der Waals surface area (Å²) in [4.78, 5) is 10.7. The number of aliphatic carboxylic acids is 1. The van der Waals surface area contributed by atoms with Crippen molar-refractivity contribution in [3.63, 3.8) is 0 Å². The average Bonchev–Trinajstić information content (AvgIpc) is 2.43. The maximum Gasteiger partial charge on any atom is 0.307 e. The van der Waals surface area contributed by atoms with Gasteiger partial charge in [-0.15, -0.1) is 0 Å². The molecule has 1 heterocycles. The minimum atomic E-state index is -0.830. The Balaban J connectivity index is 2.71. The number of hydrogen-bond donors (Lipinski definition) is 1. The Hall–Kier alpha value is -1.77. The number of hydrogen-bond acceptors (Lipinski definition) is 2. The number of aryl methyl sites for hydroxylation is 2. The second-order valence-electron chi connectivity index (χ2n) is 3.66. The smallest absolute Gasteiger partial charge is 0.307 e. The zero-order valence-corrected chi connectivity index (χ0v) is 8.70. The largest absolute Gasteiger partial charge is 0.481 e. The zero-order chi connectivity index (χ0) is 11.0. The fourth-order valence-corrected chi connectivity index (χ4v) is 1.88. The predicted octanol–water partition coefficient (Wildman–Crippen LogP) is 2.68. The first-order valence-electron chi connectivity index (χ1n) is 4.79. The molecule has 15 heavy (non-hydrogen) atoms. The van der Waals surface area contributed by atoms with Gasteiger partial charge in [-0.05, 0) is 25.5 Å². The van der Waals surface area contributed by atoms with Crippen molar-refractivity contribution in [1.29, 1.82) is 0 Å². The van der Waals surface area contributed by atoms with Crippen molar-refractivity contribution in [2.45, 2.75) is 20.3 Å². The van der Waals surface area contributed by atoms with Crippen LogP contribution in [0, 0.1) is 13.8 Å². The number of benzene rings is 1. The summed E-state index contributed by atoms with van der Waals surface area (Å²) >= 11 is 0. The third-order valence-electron chi connectivity index (χ3n) is 2.55. The van der Waals surface area contributed by atoms with Gasteiger partial charge in [0.05, 0.1) is 6.42 Å². The Bertz CT molecular complexity index is 523. The molecule has 0 bridgehead atoms. The van der Waals surface area contributed by atoms with E-state index in [2.05, 4.69) is 0 Å². The van der Waals surface area contributed by atoms with Crippen molar-refractivity contribution < 1.29 is 14.3 Å². The Kier molecular flexibility index (Phi) is 2.23. The van der Waals surface area contributed by atoms with E-state index in [0.29, 0.717) is 5.76 Å². The van der Waals surface area contributed by atoms with Crippen LogP contribution in [0.25, 0.3) is 11.0 Å². The molecule has 0 saturated carbocycles. The lowest BCUT2D eigenvalue weighted by atomic mass is 10.0. The third kappa shape index (κ3) is 1.61. The summed E-state index contributed by atoms with van der Waals surface area (Å²) in [6.07, 6.45) is 0.0175. The highest BCUT2D eigenvalue weighted by Crippen LogP contribution is 2.28. The molecule has 0 radical (unpaired) electrons. The van der Waals surface area contributed by atoms with E-state index in [1.165, 1.54) is 0 Å². The molecule has 0 spiro atoms. The van der Waals surface area contributed by atoms with Crippen LogP contribution >= 0.6 is 0 Å². The molecule has 0 aliphatic heterocycles. The second-order valence-corrected chi connectivity index (χ2v) is 3.66. The highest BCUT2D eigenvalue weighted by Gasteiger charge is 2.14. The molecule has 1 aromatic heterocycles. The van der Waals surface area contributed by atoms with Crippen molar-refractivity contribution in [3.05, 3.63) is 35.1 Å². The Labute approximate surface area is 87.3 Å². The molecule has 3 heteroatoms. The van der Waals surface area contributed by atoms with Crippen molar-refractivity contribution in [1.82, 2.24) is 0 Å². The van der Waals surface area contributed by atoms with Crippen molar-refractivity contribution in [3.8, 4) is 0 Å². The lowest BCUT2D eigenvalue weighted by Crippen LogP contribution is -2.00. The summed E-state index contributed by atoms with van der Waals surface area (Å²) < 4.78 is 5.52. The molecule has 0 atom stereocenters. The Morgan fingerprint density at radius 2 is 2.13 bits per heavy atom. The van der Waals surface area contributed by atoms with Gasteiger partial charge >= 0.3 is 5.97 Å². The van der Waals surface area contributed by atoms with Crippen LogP contribution in [-0.4, -0.2) is 11.1 Å². The predicted molar refractivity (Wildman–Crippen MR) is 57.0 cm³/mol. The quantitative estimate of drug-likeness (QED) is 0.818. The Morgan fingerprint density at radius 3 is 2.80 bits per heavy atom. The number of carboxylic acid groups (broad SMARTS) is 1. The first kappa shape index (κ1) is 9.77. The topological polar surface area (TPSA) is 50.4 Å². The molecular weight excluding hydrogens is 192 g/mol. The zero-order valence-electron chi connectivity index (χ0n) is 8.70. The monoisotopic (exact) mass is 204 g/mol. The molecule has 3 nitrogen and oxygen atoms in total. The molecule has 0 aliphatic carbocycles. The van der Waals surface area contributed by atoms with Gasteiger partial charge in [-0.2, -0.15) is 0 Å². The normalized spacial score (nSPS) is 10.8. The van der Waals surface area contributed by atoms with E-state index in [1.807, 2.05) is 25.1 Å². The fraction of sp³-hybridized carbons (Fsp3) is 0.250. The van der Waals surface area contributed by atoms with E-state index in [4.69, 9.17) is 9.52 Å². The number of furan rings is 1. The molecule has 0 saturated heterocycles. The molecule has 2 rings (SSSR count). The minimum absolute atomic E-state index is 0.0175. The lowest BCUT2D eigenvalue weighted by Gasteiger charge is -1.98. The molecular formula is C12H12O3. The van der Waals surface area contributed by atoms with Gasteiger partial charge in [0.25, 0.3) is 0 Å². The molecule has 0 fully saturated rings. The maximum atomic E-state index is 10.7. The molecule has 2 aromatic rings. The average molecular weight is 204 g/mol. The number of carboxylic acids is 1. The van der Waals surface area contributed by atoms with Crippen LogP contribution < -0.4 is 0 Å². The van der Waals surface area contributed by atoms with E-state index in [-0.39, 0.29) is 6.42 Å². The van der Waals surface area contributed by atoms with E-state index >= 15 is 0 Å². The molecule has 0 amide bonds. The van der Waals surface area contributed by atoms with Crippen LogP contribution in [-0.2, 0) is 11.2 Å². The highest BCUT2D eigenvalue weighted by molar-refractivity contribution is 5.88. The molecule has 0 aliphatic rings. The summed E-state index contributed by atoms with van der Waals surface area (Å²) in [5.74, 6) is -0.134. The SMILES string of the molecule is Cc1oc2cccc(C)c2c1CC(=O)O. The second kappa shape index (κ2) is 3.42. The van der Waals surface area contributed by atoms with Crippen LogP contribution in [0.1, 0.15) is 16.9 Å². The van der Waals surface area contributed by atoms with E-state index in [0.717, 1.165) is 22.1 Å². The molecule has 1 N–H and O–H groups in total. The number of rotatable bonds is 2. The Morgan fingerprint density at radius 1 is 1.40 bits per heavy atom. The van der Waals surface area contributed by atoms with Gasteiger partial charge in [-0.1, -0.05) is 12.1 Å². The summed E-state index contributed by atoms with van der Waals surface area (Å²) in [6, 6.07) is 5.73. The van der Waals surface area contributed by atoms with E-state index in [9.17, 15) is 4.79 Å². The van der Waals surface area contributed by atoms with Gasteiger partial charge in [0.1, 0.15) is 11.3 Å². The highest BCUT2D eigenvalue weighted by atomic mass is 16.4. The van der Waals surface area contributed by atoms with Gasteiger partial charge in [-0.25, -0.2) is 0 Å². The maximum absolute atomic E-state index is 10.7. The van der Waals surface area contributed by atoms with Crippen LogP contribution in [0.3, 0.4) is 0 Å². The minimum Gasteiger partial charge on any atom is -0.481 e. The summed E-state index contributed by atoms with van der Waals surface area (Å²) in [6.45, 7) is 3.76. The van der Waals surface area contributed by atoms with Crippen LogP contribution in [0.15, 0.2) is 22.6 Å². The van der Waals surface area contributed by atoms with Gasteiger partial charge < -0.3 is 9.52 Å². The van der Waals surface area contributed by atoms with Gasteiger partial charge in [0.2, 0.25) is 0 Å². The van der Waals surface area contributed by atoms with Gasteiger partial charge in [0, 0.05) is 10.9 Å². The van der Waals surface area contributed by atoms with Crippen molar-refractivity contribution >= 4 is 16.9 Å². The third-order valence-corrected chi connectivity index (χ3v) is 2.55. The summed E-state index contributed by atoms with van der Waals surface area (Å²) in [5.41, 5.74) is 2.61. The van der Waals surface area contributed by atoms with E-state index in [1.54, 1.807) is 6.92 Å². The number of carbonyl (C=O) groups is 1. The molecule has 0 unspecified atom stereocenters. The van der Waals surface area contributed by atoms with Crippen LogP contribution in [0.2, 0.25) is 0 Å². The fourth-order valence-electron chi connectivity index (χ4n) is 1.88. The standard InChI is InChI=1S/C12H12O3/c1-7-4-3-5-10-12(7)9(6-11(13)14)8(2)15-10/h3-5H,6H2,1-2H3,(H,13,14). The molecule has 78 valence electrons. The van der Waals surface area contributed by atoms with Crippen molar-refractivity contribution in [2.24, 2.45) is 0 Å². The summed E-state index contributed by atoms with van der Waals surface area (Å²) in [5, 5.41) is 9.76. The lowest BCUT2D eigenvalue weighted by molar-refractivity contribution is -0.136. The first-order chi connectivity index (χ1) is 7.09.